The zero-order valence-corrected chi connectivity index (χ0v) is 19.7. The molecule has 0 unspecified atom stereocenters. The van der Waals surface area contributed by atoms with E-state index < -0.39 is 0 Å². The summed E-state index contributed by atoms with van der Waals surface area (Å²) in [6.45, 7) is 12.2. The Morgan fingerprint density at radius 2 is 1.86 bits per heavy atom. The van der Waals surface area contributed by atoms with E-state index in [1.54, 1.807) is 0 Å². The molecule has 0 heterocycles. The van der Waals surface area contributed by atoms with Crippen LogP contribution >= 0.6 is 0 Å². The molecule has 1 N–H and O–H groups in total. The van der Waals surface area contributed by atoms with Gasteiger partial charge in [-0.2, -0.15) is 0 Å². The Balaban J connectivity index is 1.76. The summed E-state index contributed by atoms with van der Waals surface area (Å²) >= 11 is 0. The van der Waals surface area contributed by atoms with Gasteiger partial charge in [-0.15, -0.1) is 12.3 Å². The zero-order valence-electron chi connectivity index (χ0n) is 19.7. The number of hydrogen-bond acceptors (Lipinski definition) is 2. The van der Waals surface area contributed by atoms with E-state index in [0.717, 1.165) is 54.6 Å². The average Bonchev–Trinajstić information content (AvgIpc) is 3.03. The first-order chi connectivity index (χ1) is 13.8. The number of oxime groups is 1. The summed E-state index contributed by atoms with van der Waals surface area (Å²) in [7, 11) is 0. The van der Waals surface area contributed by atoms with E-state index in [1.165, 1.54) is 51.4 Å². The van der Waals surface area contributed by atoms with Gasteiger partial charge in [0.2, 0.25) is 0 Å². The molecule has 0 radical (unpaired) electrons. The summed E-state index contributed by atoms with van der Waals surface area (Å²) in [6.07, 6.45) is 19.2. The fourth-order valence-electron chi connectivity index (χ4n) is 8.13. The van der Waals surface area contributed by atoms with E-state index in [0.29, 0.717) is 11.3 Å². The molecule has 2 heteroatoms. The average molecular weight is 400 g/mol. The predicted molar refractivity (Wildman–Crippen MR) is 123 cm³/mol. The fourth-order valence-corrected chi connectivity index (χ4v) is 8.13. The second-order valence-corrected chi connectivity index (χ2v) is 11.6. The molecule has 3 rings (SSSR count). The van der Waals surface area contributed by atoms with Gasteiger partial charge in [0.05, 0.1) is 5.71 Å². The van der Waals surface area contributed by atoms with Crippen molar-refractivity contribution in [2.24, 2.45) is 51.5 Å². The lowest BCUT2D eigenvalue weighted by molar-refractivity contribution is -0.0445. The quantitative estimate of drug-likeness (QED) is 0.267. The Morgan fingerprint density at radius 3 is 2.52 bits per heavy atom. The van der Waals surface area contributed by atoms with Crippen molar-refractivity contribution in [2.45, 2.75) is 105 Å². The van der Waals surface area contributed by atoms with Gasteiger partial charge in [-0.1, -0.05) is 59.0 Å². The molecule has 0 spiro atoms. The van der Waals surface area contributed by atoms with Crippen LogP contribution in [0.5, 0.6) is 0 Å². The molecule has 0 saturated heterocycles. The Bertz CT molecular complexity index is 631. The molecule has 3 saturated carbocycles. The van der Waals surface area contributed by atoms with Crippen molar-refractivity contribution in [1.82, 2.24) is 0 Å². The summed E-state index contributed by atoms with van der Waals surface area (Å²) < 4.78 is 0. The first kappa shape index (κ1) is 22.7. The molecule has 0 aliphatic heterocycles. The third-order valence-corrected chi connectivity index (χ3v) is 9.74. The fraction of sp³-hybridized carbons (Fsp3) is 0.889. The van der Waals surface area contributed by atoms with Crippen LogP contribution in [0.2, 0.25) is 0 Å². The van der Waals surface area contributed by atoms with Crippen LogP contribution in [-0.4, -0.2) is 10.9 Å². The van der Waals surface area contributed by atoms with Crippen LogP contribution in [0, 0.1) is 58.7 Å². The number of fused-ring (bicyclic) bond motifs is 3. The van der Waals surface area contributed by atoms with Crippen molar-refractivity contribution in [3.63, 3.8) is 0 Å². The molecule has 29 heavy (non-hydrogen) atoms. The molecule has 0 aromatic rings. The Morgan fingerprint density at radius 1 is 1.10 bits per heavy atom. The molecule has 0 aromatic carbocycles. The van der Waals surface area contributed by atoms with E-state index in [1.807, 2.05) is 0 Å². The topological polar surface area (TPSA) is 32.6 Å². The van der Waals surface area contributed by atoms with Gasteiger partial charge in [0.25, 0.3) is 0 Å². The van der Waals surface area contributed by atoms with Crippen LogP contribution in [0.4, 0.5) is 0 Å². The summed E-state index contributed by atoms with van der Waals surface area (Å²) in [5.74, 6) is 7.70. The lowest BCUT2D eigenvalue weighted by Crippen LogP contribution is -2.52. The third kappa shape index (κ3) is 4.13. The van der Waals surface area contributed by atoms with E-state index in [9.17, 15) is 5.21 Å². The van der Waals surface area contributed by atoms with E-state index in [2.05, 4.69) is 45.7 Å². The molecule has 0 aromatic heterocycles. The molecule has 7 atom stereocenters. The van der Waals surface area contributed by atoms with E-state index in [4.69, 9.17) is 6.42 Å². The van der Waals surface area contributed by atoms with E-state index in [-0.39, 0.29) is 5.41 Å². The van der Waals surface area contributed by atoms with Gasteiger partial charge in [0.1, 0.15) is 0 Å². The largest absolute Gasteiger partial charge is 0.411 e. The normalized spacial score (nSPS) is 41.8. The Labute approximate surface area is 180 Å². The smallest absolute Gasteiger partial charge is 0.0632 e. The van der Waals surface area contributed by atoms with Crippen LogP contribution < -0.4 is 0 Å². The van der Waals surface area contributed by atoms with E-state index >= 15 is 0 Å². The monoisotopic (exact) mass is 399 g/mol. The van der Waals surface area contributed by atoms with Crippen molar-refractivity contribution in [3.8, 4) is 12.3 Å². The summed E-state index contributed by atoms with van der Waals surface area (Å²) in [6, 6.07) is 0. The molecule has 2 nitrogen and oxygen atoms in total. The minimum Gasteiger partial charge on any atom is -0.411 e. The molecule has 3 fully saturated rings. The minimum absolute atomic E-state index is 0.00761. The lowest BCUT2D eigenvalue weighted by Gasteiger charge is -2.57. The first-order valence-electron chi connectivity index (χ1n) is 12.4. The highest BCUT2D eigenvalue weighted by Crippen LogP contribution is 2.66. The van der Waals surface area contributed by atoms with Gasteiger partial charge in [-0.05, 0) is 85.9 Å². The molecule has 0 amide bonds. The number of terminal acetylenes is 1. The molecule has 3 aliphatic carbocycles. The van der Waals surface area contributed by atoms with Crippen LogP contribution in [0.1, 0.15) is 105 Å². The maximum absolute atomic E-state index is 9.73. The second-order valence-electron chi connectivity index (χ2n) is 11.6. The lowest BCUT2D eigenvalue weighted by atomic mass is 9.47. The highest BCUT2D eigenvalue weighted by molar-refractivity contribution is 5.90. The van der Waals surface area contributed by atoms with Gasteiger partial charge in [-0.3, -0.25) is 0 Å². The van der Waals surface area contributed by atoms with Crippen LogP contribution in [0.25, 0.3) is 0 Å². The number of nitrogens with zero attached hydrogens (tertiary/aromatic N) is 1. The molecule has 164 valence electrons. The van der Waals surface area contributed by atoms with Crippen LogP contribution in [-0.2, 0) is 0 Å². The van der Waals surface area contributed by atoms with Gasteiger partial charge in [0.15, 0.2) is 0 Å². The summed E-state index contributed by atoms with van der Waals surface area (Å²) in [5.41, 5.74) is 1.53. The SMILES string of the molecule is C#CCC[C@@]1(C)C(=NO)CC[C@H]2[C@@H]3CC[C@H]([C@H](C)CCCC(C)C)[C@@]3(C)CC[C@@H]21. The van der Waals surface area contributed by atoms with Crippen LogP contribution in [0.15, 0.2) is 5.16 Å². The minimum atomic E-state index is -0.00761. The maximum atomic E-state index is 9.73. The van der Waals surface area contributed by atoms with Gasteiger partial charge in [0, 0.05) is 11.8 Å². The number of rotatable bonds is 7. The maximum Gasteiger partial charge on any atom is 0.0632 e. The predicted octanol–water partition coefficient (Wildman–Crippen LogP) is 7.55. The van der Waals surface area contributed by atoms with Gasteiger partial charge < -0.3 is 5.21 Å². The van der Waals surface area contributed by atoms with Crippen molar-refractivity contribution in [1.29, 1.82) is 0 Å². The molecular formula is C27H45NO. The van der Waals surface area contributed by atoms with Crippen LogP contribution in [0.3, 0.4) is 0 Å². The molecular weight excluding hydrogens is 354 g/mol. The van der Waals surface area contributed by atoms with Gasteiger partial charge in [-0.25, -0.2) is 0 Å². The zero-order chi connectivity index (χ0) is 21.2. The van der Waals surface area contributed by atoms with Crippen molar-refractivity contribution < 1.29 is 5.21 Å². The highest BCUT2D eigenvalue weighted by atomic mass is 16.4. The Kier molecular flexibility index (Phi) is 7.07. The van der Waals surface area contributed by atoms with Crippen molar-refractivity contribution in [2.75, 3.05) is 0 Å². The molecule has 0 bridgehead atoms. The number of hydrogen-bond donors (Lipinski definition) is 1. The highest BCUT2D eigenvalue weighted by Gasteiger charge is 2.59. The molecule has 3 aliphatic rings. The summed E-state index contributed by atoms with van der Waals surface area (Å²) in [4.78, 5) is 0. The standard InChI is InChI=1S/C27H45NO/c1-7-8-17-27(6)24-16-18-26(5)22(20(4)11-9-10-19(2)3)13-14-23(26)21(24)12-15-25(27)28-29/h1,19-24,29H,8-18H2,2-6H3/t20-,21+,22-,23+,24+,26-,27-/m1/s1. The van der Waals surface area contributed by atoms with Crippen molar-refractivity contribution in [3.05, 3.63) is 0 Å². The van der Waals surface area contributed by atoms with Crippen molar-refractivity contribution >= 4 is 5.71 Å². The third-order valence-electron chi connectivity index (χ3n) is 9.74. The van der Waals surface area contributed by atoms with Gasteiger partial charge >= 0.3 is 0 Å². The first-order valence-corrected chi connectivity index (χ1v) is 12.4. The summed E-state index contributed by atoms with van der Waals surface area (Å²) in [5, 5.41) is 13.5. The Hall–Kier alpha value is -0.970. The second kappa shape index (κ2) is 9.03.